The zero-order chi connectivity index (χ0) is 17.7. The SMILES string of the molecule is COc1ccc(NC(=O)NCC2CCN(CC(F)(F)F)C2)c(C)n1. The van der Waals surface area contributed by atoms with Gasteiger partial charge in [-0.2, -0.15) is 13.2 Å². The van der Waals surface area contributed by atoms with Gasteiger partial charge in [0.1, 0.15) is 0 Å². The molecule has 1 aromatic heterocycles. The van der Waals surface area contributed by atoms with E-state index in [0.717, 1.165) is 0 Å². The third-order valence-corrected chi connectivity index (χ3v) is 3.84. The normalized spacial score (nSPS) is 18.5. The molecule has 1 atom stereocenters. The van der Waals surface area contributed by atoms with Crippen LogP contribution in [0.3, 0.4) is 0 Å². The van der Waals surface area contributed by atoms with Crippen molar-refractivity contribution in [1.29, 1.82) is 0 Å². The number of carbonyl (C=O) groups is 1. The van der Waals surface area contributed by atoms with Gasteiger partial charge in [0, 0.05) is 19.2 Å². The predicted octanol–water partition coefficient (Wildman–Crippen LogP) is 2.40. The Kier molecular flexibility index (Phi) is 5.87. The topological polar surface area (TPSA) is 66.5 Å². The van der Waals surface area contributed by atoms with Crippen molar-refractivity contribution in [3.05, 3.63) is 17.8 Å². The van der Waals surface area contributed by atoms with Crippen molar-refractivity contribution in [1.82, 2.24) is 15.2 Å². The average molecular weight is 346 g/mol. The zero-order valence-electron chi connectivity index (χ0n) is 13.6. The molecule has 6 nitrogen and oxygen atoms in total. The number of amides is 2. The molecule has 1 saturated heterocycles. The lowest BCUT2D eigenvalue weighted by Crippen LogP contribution is -2.36. The lowest BCUT2D eigenvalue weighted by molar-refractivity contribution is -0.143. The van der Waals surface area contributed by atoms with Gasteiger partial charge in [-0.1, -0.05) is 0 Å². The van der Waals surface area contributed by atoms with Crippen molar-refractivity contribution in [3.8, 4) is 5.88 Å². The third-order valence-electron chi connectivity index (χ3n) is 3.84. The second kappa shape index (κ2) is 7.69. The number of ether oxygens (including phenoxy) is 1. The number of urea groups is 1. The molecule has 0 aliphatic carbocycles. The number of anilines is 1. The van der Waals surface area contributed by atoms with Gasteiger partial charge in [0.2, 0.25) is 5.88 Å². The highest BCUT2D eigenvalue weighted by Crippen LogP contribution is 2.22. The predicted molar refractivity (Wildman–Crippen MR) is 83.1 cm³/mol. The second-order valence-corrected chi connectivity index (χ2v) is 5.83. The number of nitrogens with zero attached hydrogens (tertiary/aromatic N) is 2. The summed E-state index contributed by atoms with van der Waals surface area (Å²) in [5.74, 6) is 0.474. The fraction of sp³-hybridized carbons (Fsp3) is 0.600. The van der Waals surface area contributed by atoms with Crippen LogP contribution >= 0.6 is 0 Å². The Labute approximate surface area is 138 Å². The number of rotatable bonds is 5. The largest absolute Gasteiger partial charge is 0.481 e. The number of pyridine rings is 1. The van der Waals surface area contributed by atoms with Crippen LogP contribution in [0.5, 0.6) is 5.88 Å². The molecule has 1 aromatic rings. The minimum Gasteiger partial charge on any atom is -0.481 e. The van der Waals surface area contributed by atoms with Crippen molar-refractivity contribution in [3.63, 3.8) is 0 Å². The van der Waals surface area contributed by atoms with E-state index in [2.05, 4.69) is 15.6 Å². The molecular formula is C15H21F3N4O2. The molecule has 0 radical (unpaired) electrons. The molecule has 0 aromatic carbocycles. The number of aromatic nitrogens is 1. The number of likely N-dealkylation sites (tertiary alicyclic amines) is 1. The number of nitrogens with one attached hydrogen (secondary N) is 2. The van der Waals surface area contributed by atoms with Crippen LogP contribution < -0.4 is 15.4 Å². The number of halogens is 3. The summed E-state index contributed by atoms with van der Waals surface area (Å²) < 4.78 is 42.0. The van der Waals surface area contributed by atoms with Gasteiger partial charge >= 0.3 is 12.2 Å². The summed E-state index contributed by atoms with van der Waals surface area (Å²) >= 11 is 0. The Morgan fingerprint density at radius 1 is 1.46 bits per heavy atom. The van der Waals surface area contributed by atoms with Gasteiger partial charge < -0.3 is 15.4 Å². The van der Waals surface area contributed by atoms with Crippen LogP contribution in [0.25, 0.3) is 0 Å². The van der Waals surface area contributed by atoms with Gasteiger partial charge in [0.15, 0.2) is 0 Å². The summed E-state index contributed by atoms with van der Waals surface area (Å²) in [5.41, 5.74) is 1.17. The molecule has 9 heteroatoms. The molecule has 2 amide bonds. The number of aryl methyl sites for hydroxylation is 1. The van der Waals surface area contributed by atoms with E-state index < -0.39 is 18.8 Å². The molecule has 1 aliphatic rings. The highest BCUT2D eigenvalue weighted by molar-refractivity contribution is 5.89. The summed E-state index contributed by atoms with van der Waals surface area (Å²) in [6.45, 7) is 1.91. The molecule has 1 unspecified atom stereocenters. The van der Waals surface area contributed by atoms with Gasteiger partial charge in [-0.25, -0.2) is 9.78 Å². The molecule has 1 fully saturated rings. The van der Waals surface area contributed by atoms with Gasteiger partial charge in [-0.05, 0) is 31.9 Å². The van der Waals surface area contributed by atoms with Crippen LogP contribution in [0.2, 0.25) is 0 Å². The van der Waals surface area contributed by atoms with Crippen molar-refractivity contribution in [2.45, 2.75) is 19.5 Å². The number of methoxy groups -OCH3 is 1. The average Bonchev–Trinajstić information content (AvgIpc) is 2.92. The maximum atomic E-state index is 12.3. The van der Waals surface area contributed by atoms with Gasteiger partial charge in [0.25, 0.3) is 0 Å². The van der Waals surface area contributed by atoms with E-state index in [1.54, 1.807) is 19.1 Å². The van der Waals surface area contributed by atoms with Crippen molar-refractivity contribution in [2.75, 3.05) is 38.6 Å². The first kappa shape index (κ1) is 18.3. The summed E-state index contributed by atoms with van der Waals surface area (Å²) in [7, 11) is 1.51. The van der Waals surface area contributed by atoms with E-state index in [1.165, 1.54) is 12.0 Å². The van der Waals surface area contributed by atoms with E-state index >= 15 is 0 Å². The maximum absolute atomic E-state index is 12.3. The van der Waals surface area contributed by atoms with Crippen molar-refractivity contribution < 1.29 is 22.7 Å². The van der Waals surface area contributed by atoms with Crippen LogP contribution in [0.4, 0.5) is 23.7 Å². The molecular weight excluding hydrogens is 325 g/mol. The molecule has 2 N–H and O–H groups in total. The van der Waals surface area contributed by atoms with Gasteiger partial charge in [0.05, 0.1) is 25.0 Å². The van der Waals surface area contributed by atoms with E-state index in [9.17, 15) is 18.0 Å². The minimum absolute atomic E-state index is 0.0215. The van der Waals surface area contributed by atoms with Crippen LogP contribution in [0.15, 0.2) is 12.1 Å². The fourth-order valence-electron chi connectivity index (χ4n) is 2.66. The molecule has 2 rings (SSSR count). The molecule has 0 bridgehead atoms. The first-order valence-electron chi connectivity index (χ1n) is 7.62. The van der Waals surface area contributed by atoms with E-state index in [0.29, 0.717) is 43.3 Å². The number of hydrogen-bond acceptors (Lipinski definition) is 4. The van der Waals surface area contributed by atoms with Crippen molar-refractivity contribution >= 4 is 11.7 Å². The molecule has 134 valence electrons. The Bertz CT molecular complexity index is 580. The first-order valence-corrected chi connectivity index (χ1v) is 7.62. The quantitative estimate of drug-likeness (QED) is 0.859. The maximum Gasteiger partial charge on any atom is 0.401 e. The Balaban J connectivity index is 1.76. The van der Waals surface area contributed by atoms with Crippen molar-refractivity contribution in [2.24, 2.45) is 5.92 Å². The summed E-state index contributed by atoms with van der Waals surface area (Å²) in [6, 6.07) is 2.91. The highest BCUT2D eigenvalue weighted by atomic mass is 19.4. The minimum atomic E-state index is -4.18. The van der Waals surface area contributed by atoms with Gasteiger partial charge in [-0.3, -0.25) is 4.90 Å². The first-order chi connectivity index (χ1) is 11.3. The number of alkyl halides is 3. The standard InChI is InChI=1S/C15H21F3N4O2/c1-10-12(3-4-13(20-10)24-2)21-14(23)19-7-11-5-6-22(8-11)9-15(16,17)18/h3-4,11H,5-9H2,1-2H3,(H2,19,21,23). The van der Waals surface area contributed by atoms with Crippen LogP contribution in [0, 0.1) is 12.8 Å². The summed E-state index contributed by atoms with van der Waals surface area (Å²) in [6.07, 6.45) is -3.54. The zero-order valence-corrected chi connectivity index (χ0v) is 13.6. The smallest absolute Gasteiger partial charge is 0.401 e. The van der Waals surface area contributed by atoms with E-state index in [1.807, 2.05) is 0 Å². The van der Waals surface area contributed by atoms with Crippen LogP contribution in [-0.4, -0.2) is 55.4 Å². The van der Waals surface area contributed by atoms with Gasteiger partial charge in [-0.15, -0.1) is 0 Å². The molecule has 1 aliphatic heterocycles. The second-order valence-electron chi connectivity index (χ2n) is 5.83. The Morgan fingerprint density at radius 3 is 2.83 bits per heavy atom. The number of carbonyl (C=O) groups excluding carboxylic acids is 1. The van der Waals surface area contributed by atoms with Crippen LogP contribution in [0.1, 0.15) is 12.1 Å². The highest BCUT2D eigenvalue weighted by Gasteiger charge is 2.34. The third kappa shape index (κ3) is 5.55. The molecule has 0 saturated carbocycles. The van der Waals surface area contributed by atoms with E-state index in [-0.39, 0.29) is 5.92 Å². The molecule has 2 heterocycles. The number of hydrogen-bond donors (Lipinski definition) is 2. The van der Waals surface area contributed by atoms with Crippen LogP contribution in [-0.2, 0) is 0 Å². The fourth-order valence-corrected chi connectivity index (χ4v) is 2.66. The lowest BCUT2D eigenvalue weighted by atomic mass is 10.1. The Hall–Kier alpha value is -2.03. The molecule has 0 spiro atoms. The van der Waals surface area contributed by atoms with E-state index in [4.69, 9.17) is 4.74 Å². The monoisotopic (exact) mass is 346 g/mol. The Morgan fingerprint density at radius 2 is 2.21 bits per heavy atom. The summed E-state index contributed by atoms with van der Waals surface area (Å²) in [4.78, 5) is 17.4. The lowest BCUT2D eigenvalue weighted by Gasteiger charge is -2.18. The molecule has 24 heavy (non-hydrogen) atoms. The summed E-state index contributed by atoms with van der Waals surface area (Å²) in [5, 5.41) is 5.37.